The highest BCUT2D eigenvalue weighted by atomic mass is 32.2. The van der Waals surface area contributed by atoms with Crippen molar-refractivity contribution >= 4 is 21.5 Å². The van der Waals surface area contributed by atoms with E-state index >= 15 is 0 Å². The molecule has 9 heteroatoms. The van der Waals surface area contributed by atoms with Gasteiger partial charge in [0.1, 0.15) is 0 Å². The van der Waals surface area contributed by atoms with Crippen LogP contribution >= 0.6 is 0 Å². The van der Waals surface area contributed by atoms with E-state index in [1.165, 1.54) is 0 Å². The quantitative estimate of drug-likeness (QED) is 0.558. The van der Waals surface area contributed by atoms with Crippen LogP contribution in [-0.4, -0.2) is 30.9 Å². The number of nitrogens with two attached hydrogens (primary N) is 1. The molecule has 0 amide bonds. The molecule has 0 radical (unpaired) electrons. The molecular formula is C10H14F2N4O2S. The van der Waals surface area contributed by atoms with Crippen LogP contribution in [-0.2, 0) is 9.84 Å². The molecule has 1 saturated heterocycles. The lowest BCUT2D eigenvalue weighted by Gasteiger charge is -2.23. The molecule has 1 aliphatic rings. The van der Waals surface area contributed by atoms with E-state index in [9.17, 15) is 17.2 Å². The van der Waals surface area contributed by atoms with Crippen molar-refractivity contribution < 1.29 is 17.2 Å². The number of hydrazine groups is 1. The smallest absolute Gasteiger partial charge is 0.178 e. The number of nitrogen functional groups attached to an aromatic ring is 1. The van der Waals surface area contributed by atoms with Gasteiger partial charge in [0.25, 0.3) is 0 Å². The van der Waals surface area contributed by atoms with Gasteiger partial charge in [0.2, 0.25) is 0 Å². The summed E-state index contributed by atoms with van der Waals surface area (Å²) in [4.78, 5) is 3.64. The van der Waals surface area contributed by atoms with E-state index in [-0.39, 0.29) is 23.1 Å². The van der Waals surface area contributed by atoms with Crippen LogP contribution in [0.15, 0.2) is 6.07 Å². The van der Waals surface area contributed by atoms with Crippen LogP contribution in [0.3, 0.4) is 0 Å². The number of sulfone groups is 1. The molecule has 0 aromatic carbocycles. The molecule has 4 N–H and O–H groups in total. The highest BCUT2D eigenvalue weighted by molar-refractivity contribution is 7.91. The lowest BCUT2D eigenvalue weighted by Crippen LogP contribution is -2.35. The summed E-state index contributed by atoms with van der Waals surface area (Å²) in [5, 5.41) is 2.68. The predicted molar refractivity (Wildman–Crippen MR) is 67.3 cm³/mol. The third-order valence-corrected chi connectivity index (χ3v) is 4.69. The summed E-state index contributed by atoms with van der Waals surface area (Å²) in [6.07, 6.45) is 1.09. The molecule has 1 aromatic heterocycles. The van der Waals surface area contributed by atoms with E-state index in [4.69, 9.17) is 5.84 Å². The van der Waals surface area contributed by atoms with Crippen LogP contribution in [0, 0.1) is 11.6 Å². The van der Waals surface area contributed by atoms with Gasteiger partial charge in [-0.3, -0.25) is 0 Å². The van der Waals surface area contributed by atoms with E-state index in [1.54, 1.807) is 0 Å². The van der Waals surface area contributed by atoms with Crippen LogP contribution < -0.4 is 16.6 Å². The van der Waals surface area contributed by atoms with E-state index in [1.807, 2.05) is 5.43 Å². The Hall–Kier alpha value is -1.48. The van der Waals surface area contributed by atoms with Gasteiger partial charge in [-0.2, -0.15) is 0 Å². The van der Waals surface area contributed by atoms with Crippen molar-refractivity contribution in [1.82, 2.24) is 4.98 Å². The van der Waals surface area contributed by atoms with Gasteiger partial charge >= 0.3 is 0 Å². The average Bonchev–Trinajstić information content (AvgIpc) is 2.31. The van der Waals surface area contributed by atoms with Crippen molar-refractivity contribution in [3.63, 3.8) is 0 Å². The Morgan fingerprint density at radius 1 is 1.32 bits per heavy atom. The number of nitrogens with one attached hydrogen (secondary N) is 2. The molecule has 0 aliphatic carbocycles. The number of hydrogen-bond donors (Lipinski definition) is 3. The summed E-state index contributed by atoms with van der Waals surface area (Å²) in [6, 6.07) is 0.207. The molecule has 1 aliphatic heterocycles. The maximum absolute atomic E-state index is 13.5. The first kappa shape index (κ1) is 13.9. The number of aromatic nitrogens is 1. The fourth-order valence-electron chi connectivity index (χ4n) is 2.00. The van der Waals surface area contributed by atoms with Crippen LogP contribution in [0.5, 0.6) is 0 Å². The lowest BCUT2D eigenvalue weighted by atomic mass is 10.2. The summed E-state index contributed by atoms with van der Waals surface area (Å²) < 4.78 is 49.6. The van der Waals surface area contributed by atoms with Crippen molar-refractivity contribution in [3.8, 4) is 0 Å². The largest absolute Gasteiger partial charge is 0.364 e. The Kier molecular flexibility index (Phi) is 3.85. The van der Waals surface area contributed by atoms with Gasteiger partial charge in [0.05, 0.1) is 11.5 Å². The highest BCUT2D eigenvalue weighted by Gasteiger charge is 2.26. The van der Waals surface area contributed by atoms with Gasteiger partial charge in [-0.15, -0.1) is 0 Å². The topological polar surface area (TPSA) is 97.1 Å². The van der Waals surface area contributed by atoms with E-state index in [2.05, 4.69) is 10.3 Å². The number of rotatable bonds is 3. The first-order valence-corrected chi connectivity index (χ1v) is 7.53. The molecule has 106 valence electrons. The lowest BCUT2D eigenvalue weighted by molar-refractivity contribution is 0.553. The summed E-state index contributed by atoms with van der Waals surface area (Å²) in [6.45, 7) is 0. The monoisotopic (exact) mass is 292 g/mol. The zero-order chi connectivity index (χ0) is 14.0. The van der Waals surface area contributed by atoms with Crippen molar-refractivity contribution in [2.75, 3.05) is 22.2 Å². The Labute approximate surface area is 109 Å². The summed E-state index contributed by atoms with van der Waals surface area (Å²) in [5.74, 6) is 2.78. The molecule has 0 saturated carbocycles. The molecule has 1 atom stereocenters. The fraction of sp³-hybridized carbons (Fsp3) is 0.500. The molecule has 0 spiro atoms. The first-order valence-electron chi connectivity index (χ1n) is 5.71. The van der Waals surface area contributed by atoms with Crippen molar-refractivity contribution in [2.45, 2.75) is 18.9 Å². The number of anilines is 2. The number of halogens is 2. The van der Waals surface area contributed by atoms with Crippen LogP contribution in [0.4, 0.5) is 20.4 Å². The van der Waals surface area contributed by atoms with Gasteiger partial charge in [0, 0.05) is 12.1 Å². The third kappa shape index (κ3) is 3.29. The zero-order valence-electron chi connectivity index (χ0n) is 9.99. The number of nitrogens with zero attached hydrogens (tertiary/aromatic N) is 1. The zero-order valence-corrected chi connectivity index (χ0v) is 10.8. The Morgan fingerprint density at radius 3 is 2.63 bits per heavy atom. The first-order chi connectivity index (χ1) is 8.91. The minimum atomic E-state index is -3.12. The third-order valence-electron chi connectivity index (χ3n) is 2.87. The van der Waals surface area contributed by atoms with E-state index in [0.717, 1.165) is 0 Å². The Morgan fingerprint density at radius 2 is 2.00 bits per heavy atom. The number of hydrogen-bond acceptors (Lipinski definition) is 6. The van der Waals surface area contributed by atoms with E-state index in [0.29, 0.717) is 18.9 Å². The van der Waals surface area contributed by atoms with Gasteiger partial charge < -0.3 is 10.7 Å². The second kappa shape index (κ2) is 5.25. The summed E-state index contributed by atoms with van der Waals surface area (Å²) in [7, 11) is -3.12. The van der Waals surface area contributed by atoms with Crippen LogP contribution in [0.25, 0.3) is 0 Å². The van der Waals surface area contributed by atoms with Crippen LogP contribution in [0.2, 0.25) is 0 Å². The number of pyridine rings is 1. The summed E-state index contributed by atoms with van der Waals surface area (Å²) >= 11 is 0. The minimum absolute atomic E-state index is 0.0864. The standard InChI is InChI=1S/C10H14F2N4O2S/c11-7-4-8(12)10(16-13)15-9(7)14-6-2-1-3-19(17,18)5-6/h4,6H,1-3,5,13H2,(H2,14,15,16). The molecule has 1 unspecified atom stereocenters. The normalized spacial score (nSPS) is 21.9. The maximum Gasteiger partial charge on any atom is 0.178 e. The van der Waals surface area contributed by atoms with Crippen molar-refractivity contribution in [2.24, 2.45) is 5.84 Å². The Bertz CT molecular complexity index is 579. The molecule has 2 heterocycles. The van der Waals surface area contributed by atoms with Gasteiger partial charge in [-0.1, -0.05) is 0 Å². The molecule has 19 heavy (non-hydrogen) atoms. The van der Waals surface area contributed by atoms with Gasteiger partial charge in [0.15, 0.2) is 33.1 Å². The molecule has 2 rings (SSSR count). The molecule has 6 nitrogen and oxygen atoms in total. The van der Waals surface area contributed by atoms with Crippen LogP contribution in [0.1, 0.15) is 12.8 Å². The molecule has 1 fully saturated rings. The average molecular weight is 292 g/mol. The van der Waals surface area contributed by atoms with E-state index < -0.39 is 27.5 Å². The maximum atomic E-state index is 13.5. The predicted octanol–water partition coefficient (Wildman–Crippen LogP) is 0.634. The Balaban J connectivity index is 2.19. The van der Waals surface area contributed by atoms with Crippen molar-refractivity contribution in [3.05, 3.63) is 17.7 Å². The molecule has 1 aromatic rings. The van der Waals surface area contributed by atoms with Crippen molar-refractivity contribution in [1.29, 1.82) is 0 Å². The van der Waals surface area contributed by atoms with Gasteiger partial charge in [-0.25, -0.2) is 28.0 Å². The second-order valence-electron chi connectivity index (χ2n) is 4.39. The second-order valence-corrected chi connectivity index (χ2v) is 6.62. The SMILES string of the molecule is NNc1nc(NC2CCCS(=O)(=O)C2)c(F)cc1F. The molecule has 0 bridgehead atoms. The molecular weight excluding hydrogens is 278 g/mol. The minimum Gasteiger partial charge on any atom is -0.364 e. The van der Waals surface area contributed by atoms with Gasteiger partial charge in [-0.05, 0) is 12.8 Å². The summed E-state index contributed by atoms with van der Waals surface area (Å²) in [5.41, 5.74) is 2.01. The highest BCUT2D eigenvalue weighted by Crippen LogP contribution is 2.21. The fourth-order valence-corrected chi connectivity index (χ4v) is 3.64.